The Labute approximate surface area is 80.0 Å². The Balaban J connectivity index is 2.54. The third-order valence-electron chi connectivity index (χ3n) is 1.98. The number of aromatic nitrogens is 1. The van der Waals surface area contributed by atoms with Gasteiger partial charge in [0.25, 0.3) is 0 Å². The van der Waals surface area contributed by atoms with Crippen LogP contribution in [-0.2, 0) is 7.05 Å². The summed E-state index contributed by atoms with van der Waals surface area (Å²) in [6.45, 7) is 0. The fraction of sp³-hybridized carbons (Fsp3) is 0.100. The van der Waals surface area contributed by atoms with Crippen molar-refractivity contribution in [3.05, 3.63) is 40.8 Å². The fourth-order valence-electron chi connectivity index (χ4n) is 1.31. The maximum Gasteiger partial charge on any atom is 0.358 e. The van der Waals surface area contributed by atoms with Crippen LogP contribution in [0.5, 0.6) is 5.75 Å². The smallest absolute Gasteiger partial charge is 0.358 e. The van der Waals surface area contributed by atoms with Crippen LogP contribution in [0.25, 0.3) is 11.3 Å². The van der Waals surface area contributed by atoms with E-state index in [1.165, 1.54) is 10.8 Å². The molecule has 14 heavy (non-hydrogen) atoms. The van der Waals surface area contributed by atoms with Gasteiger partial charge < -0.3 is 9.63 Å². The number of aromatic hydroxyl groups is 1. The van der Waals surface area contributed by atoms with Crippen LogP contribution in [0.2, 0.25) is 0 Å². The molecular formula is C10H9NO3. The summed E-state index contributed by atoms with van der Waals surface area (Å²) < 4.78 is 6.20. The molecule has 0 saturated heterocycles. The molecule has 4 nitrogen and oxygen atoms in total. The number of nitrogens with zero attached hydrogens (tertiary/aromatic N) is 1. The van der Waals surface area contributed by atoms with Crippen molar-refractivity contribution >= 4 is 0 Å². The Hall–Kier alpha value is -1.97. The maximum absolute atomic E-state index is 10.9. The first-order valence-corrected chi connectivity index (χ1v) is 4.13. The Morgan fingerprint density at radius 2 is 1.93 bits per heavy atom. The third kappa shape index (κ3) is 1.42. The second-order valence-electron chi connectivity index (χ2n) is 2.98. The summed E-state index contributed by atoms with van der Waals surface area (Å²) in [6, 6.07) is 7.98. The van der Waals surface area contributed by atoms with Crippen molar-refractivity contribution in [3.63, 3.8) is 0 Å². The molecule has 0 spiro atoms. The van der Waals surface area contributed by atoms with E-state index >= 15 is 0 Å². The molecule has 0 unspecified atom stereocenters. The molecule has 1 heterocycles. The Kier molecular flexibility index (Phi) is 1.89. The Bertz CT molecular complexity index is 493. The lowest BCUT2D eigenvalue weighted by Gasteiger charge is -2.00. The first-order chi connectivity index (χ1) is 6.66. The normalized spacial score (nSPS) is 10.4. The maximum atomic E-state index is 10.9. The second kappa shape index (κ2) is 3.06. The predicted molar refractivity (Wildman–Crippen MR) is 51.0 cm³/mol. The van der Waals surface area contributed by atoms with Crippen molar-refractivity contribution in [1.29, 1.82) is 0 Å². The topological polar surface area (TPSA) is 55.4 Å². The van der Waals surface area contributed by atoms with Gasteiger partial charge in [0.05, 0.1) is 11.8 Å². The summed E-state index contributed by atoms with van der Waals surface area (Å²) in [6.07, 6.45) is 0. The predicted octanol–water partition coefficient (Wildman–Crippen LogP) is 1.35. The minimum atomic E-state index is -0.379. The van der Waals surface area contributed by atoms with Crippen LogP contribution in [0.15, 0.2) is 39.6 Å². The number of rotatable bonds is 1. The van der Waals surface area contributed by atoms with E-state index in [-0.39, 0.29) is 11.4 Å². The fourth-order valence-corrected chi connectivity index (χ4v) is 1.31. The van der Waals surface area contributed by atoms with Crippen molar-refractivity contribution < 1.29 is 9.63 Å². The molecular weight excluding hydrogens is 182 g/mol. The van der Waals surface area contributed by atoms with Gasteiger partial charge in [-0.15, -0.1) is 0 Å². The highest BCUT2D eigenvalue weighted by molar-refractivity contribution is 5.59. The van der Waals surface area contributed by atoms with E-state index in [1.807, 2.05) is 0 Å². The highest BCUT2D eigenvalue weighted by atomic mass is 16.5. The third-order valence-corrected chi connectivity index (χ3v) is 1.98. The highest BCUT2D eigenvalue weighted by Crippen LogP contribution is 2.20. The van der Waals surface area contributed by atoms with E-state index in [4.69, 9.17) is 9.63 Å². The molecule has 0 bridgehead atoms. The largest absolute Gasteiger partial charge is 0.508 e. The summed E-state index contributed by atoms with van der Waals surface area (Å²) in [5, 5.41) is 9.09. The van der Waals surface area contributed by atoms with Crippen LogP contribution in [-0.4, -0.2) is 9.85 Å². The number of hydrogen-bond acceptors (Lipinski definition) is 3. The van der Waals surface area contributed by atoms with Crippen LogP contribution in [0.3, 0.4) is 0 Å². The van der Waals surface area contributed by atoms with Crippen molar-refractivity contribution in [2.75, 3.05) is 0 Å². The second-order valence-corrected chi connectivity index (χ2v) is 2.98. The number of aryl methyl sites for hydroxylation is 1. The zero-order chi connectivity index (χ0) is 10.1. The van der Waals surface area contributed by atoms with Crippen LogP contribution in [0.4, 0.5) is 0 Å². The molecule has 1 aromatic carbocycles. The first-order valence-electron chi connectivity index (χ1n) is 4.13. The molecule has 0 radical (unpaired) electrons. The molecule has 0 atom stereocenters. The average molecular weight is 191 g/mol. The SMILES string of the molecule is Cn1oc(=O)cc1-c1ccc(O)cc1. The monoisotopic (exact) mass is 191 g/mol. The number of phenols is 1. The molecule has 0 saturated carbocycles. The Morgan fingerprint density at radius 3 is 2.43 bits per heavy atom. The highest BCUT2D eigenvalue weighted by Gasteiger charge is 2.05. The zero-order valence-corrected chi connectivity index (χ0v) is 7.60. The molecule has 0 fully saturated rings. The van der Waals surface area contributed by atoms with Crippen molar-refractivity contribution in [2.24, 2.45) is 7.05 Å². The molecule has 0 amide bonds. The van der Waals surface area contributed by atoms with Gasteiger partial charge in [-0.1, -0.05) is 0 Å². The number of hydrogen-bond donors (Lipinski definition) is 1. The van der Waals surface area contributed by atoms with Crippen molar-refractivity contribution in [2.45, 2.75) is 0 Å². The van der Waals surface area contributed by atoms with Gasteiger partial charge in [0, 0.05) is 12.6 Å². The van der Waals surface area contributed by atoms with E-state index < -0.39 is 0 Å². The van der Waals surface area contributed by atoms with E-state index in [1.54, 1.807) is 31.3 Å². The summed E-state index contributed by atoms with van der Waals surface area (Å²) in [7, 11) is 1.66. The van der Waals surface area contributed by atoms with Gasteiger partial charge in [-0.05, 0) is 24.3 Å². The molecule has 1 N–H and O–H groups in total. The molecule has 0 aliphatic heterocycles. The van der Waals surface area contributed by atoms with Gasteiger partial charge in [0.1, 0.15) is 5.75 Å². The number of benzene rings is 1. The van der Waals surface area contributed by atoms with E-state index in [0.29, 0.717) is 5.69 Å². The minimum absolute atomic E-state index is 0.197. The van der Waals surface area contributed by atoms with Crippen molar-refractivity contribution in [3.8, 4) is 17.0 Å². The van der Waals surface area contributed by atoms with Gasteiger partial charge in [-0.25, -0.2) is 9.53 Å². The average Bonchev–Trinajstić information content (AvgIpc) is 2.47. The van der Waals surface area contributed by atoms with Gasteiger partial charge in [0.2, 0.25) is 0 Å². The Morgan fingerprint density at radius 1 is 1.29 bits per heavy atom. The quantitative estimate of drug-likeness (QED) is 0.740. The first kappa shape index (κ1) is 8.62. The zero-order valence-electron chi connectivity index (χ0n) is 7.60. The standard InChI is InChI=1S/C10H9NO3/c1-11-9(6-10(13)14-11)7-2-4-8(12)5-3-7/h2-6,12H,1H3. The lowest BCUT2D eigenvalue weighted by Crippen LogP contribution is -1.90. The molecule has 2 rings (SSSR count). The van der Waals surface area contributed by atoms with E-state index in [2.05, 4.69) is 0 Å². The van der Waals surface area contributed by atoms with Crippen LogP contribution in [0, 0.1) is 0 Å². The summed E-state index contributed by atoms with van der Waals surface area (Å²) in [5.74, 6) is 0.197. The van der Waals surface area contributed by atoms with E-state index in [9.17, 15) is 4.79 Å². The summed E-state index contributed by atoms with van der Waals surface area (Å²) >= 11 is 0. The van der Waals surface area contributed by atoms with Crippen LogP contribution < -0.4 is 5.63 Å². The van der Waals surface area contributed by atoms with Gasteiger partial charge in [0.15, 0.2) is 0 Å². The molecule has 72 valence electrons. The van der Waals surface area contributed by atoms with Gasteiger partial charge in [-0.3, -0.25) is 0 Å². The van der Waals surface area contributed by atoms with Crippen LogP contribution in [0.1, 0.15) is 0 Å². The minimum Gasteiger partial charge on any atom is -0.508 e. The lowest BCUT2D eigenvalue weighted by molar-refractivity contribution is 0.289. The molecule has 2 aromatic rings. The molecule has 4 heteroatoms. The summed E-state index contributed by atoms with van der Waals surface area (Å²) in [4.78, 5) is 10.9. The molecule has 0 aliphatic rings. The van der Waals surface area contributed by atoms with Crippen LogP contribution >= 0.6 is 0 Å². The van der Waals surface area contributed by atoms with Gasteiger partial charge >= 0.3 is 5.63 Å². The molecule has 0 aliphatic carbocycles. The molecule has 1 aromatic heterocycles. The summed E-state index contributed by atoms with van der Waals surface area (Å²) in [5.41, 5.74) is 1.14. The lowest BCUT2D eigenvalue weighted by atomic mass is 10.1. The van der Waals surface area contributed by atoms with Crippen molar-refractivity contribution in [1.82, 2.24) is 4.74 Å². The number of phenolic OH excluding ortho intramolecular Hbond substituents is 1. The van der Waals surface area contributed by atoms with Gasteiger partial charge in [-0.2, -0.15) is 0 Å². The van der Waals surface area contributed by atoms with E-state index in [0.717, 1.165) is 5.56 Å².